The van der Waals surface area contributed by atoms with Crippen LogP contribution in [0.3, 0.4) is 0 Å². The number of sulfonamides is 1. The Hall–Kier alpha value is -2.71. The third-order valence-corrected chi connectivity index (χ3v) is 5.09. The van der Waals surface area contributed by atoms with Crippen LogP contribution in [0.1, 0.15) is 10.4 Å². The number of nitrogens with one attached hydrogen (secondary N) is 1. The molecule has 0 fully saturated rings. The molecule has 0 radical (unpaired) electrons. The molecule has 1 N–H and O–H groups in total. The van der Waals surface area contributed by atoms with Crippen molar-refractivity contribution in [2.45, 2.75) is 4.90 Å². The molecule has 2 amide bonds. The number of hydrogen-bond acceptors (Lipinski definition) is 4. The van der Waals surface area contributed by atoms with E-state index < -0.39 is 28.4 Å². The number of carbonyl (C=O) groups excluding carboxylic acids is 2. The average Bonchev–Trinajstić information content (AvgIpc) is 2.59. The molecule has 3 rings (SSSR count). The topological polar surface area (TPSA) is 86.8 Å². The fourth-order valence-corrected chi connectivity index (χ4v) is 3.64. The molecule has 2 aromatic carbocycles. The highest BCUT2D eigenvalue weighted by Gasteiger charge is 2.35. The molecule has 0 spiro atoms. The maximum absolute atomic E-state index is 12.4. The SMILES string of the molecule is CN(C(=O)CN1NS(=O)(=O)c2ccccc2C1=O)c1ccccc1. The van der Waals surface area contributed by atoms with Crippen molar-refractivity contribution in [3.8, 4) is 0 Å². The molecule has 1 aliphatic heterocycles. The lowest BCUT2D eigenvalue weighted by molar-refractivity contribution is -0.119. The Kier molecular flexibility index (Phi) is 4.08. The van der Waals surface area contributed by atoms with Crippen molar-refractivity contribution in [2.24, 2.45) is 0 Å². The molecule has 1 heterocycles. The first-order valence-electron chi connectivity index (χ1n) is 7.15. The first-order valence-corrected chi connectivity index (χ1v) is 8.63. The fraction of sp³-hybridized carbons (Fsp3) is 0.125. The molecule has 0 saturated heterocycles. The third kappa shape index (κ3) is 2.89. The highest BCUT2D eigenvalue weighted by molar-refractivity contribution is 7.89. The van der Waals surface area contributed by atoms with Crippen molar-refractivity contribution in [2.75, 3.05) is 18.5 Å². The van der Waals surface area contributed by atoms with Crippen molar-refractivity contribution in [1.82, 2.24) is 9.84 Å². The molecular weight excluding hydrogens is 330 g/mol. The standard InChI is InChI=1S/C16H15N3O4S/c1-18(12-7-3-2-4-8-12)15(20)11-19-16(21)13-9-5-6-10-14(13)24(22,23)17-19/h2-10,17H,11H2,1H3. The summed E-state index contributed by atoms with van der Waals surface area (Å²) in [5.41, 5.74) is 0.696. The number of amides is 2. The molecule has 124 valence electrons. The largest absolute Gasteiger partial charge is 0.314 e. The molecule has 24 heavy (non-hydrogen) atoms. The van der Waals surface area contributed by atoms with Gasteiger partial charge in [-0.15, -0.1) is 4.83 Å². The van der Waals surface area contributed by atoms with Gasteiger partial charge in [0.25, 0.3) is 15.9 Å². The Labute approximate surface area is 139 Å². The van der Waals surface area contributed by atoms with E-state index in [2.05, 4.69) is 4.83 Å². The first-order chi connectivity index (χ1) is 11.4. The second-order valence-electron chi connectivity index (χ2n) is 5.27. The lowest BCUT2D eigenvalue weighted by Crippen LogP contribution is -2.54. The Morgan fingerprint density at radius 2 is 1.71 bits per heavy atom. The second-order valence-corrected chi connectivity index (χ2v) is 6.90. The number of anilines is 1. The lowest BCUT2D eigenvalue weighted by Gasteiger charge is -2.29. The number of hydrogen-bond donors (Lipinski definition) is 1. The van der Waals surface area contributed by atoms with Crippen molar-refractivity contribution < 1.29 is 18.0 Å². The summed E-state index contributed by atoms with van der Waals surface area (Å²) in [4.78, 5) is 28.2. The number of benzene rings is 2. The average molecular weight is 345 g/mol. The van der Waals surface area contributed by atoms with E-state index in [4.69, 9.17) is 0 Å². The van der Waals surface area contributed by atoms with Crippen LogP contribution in [-0.4, -0.2) is 38.8 Å². The van der Waals surface area contributed by atoms with Crippen molar-refractivity contribution in [3.05, 3.63) is 60.2 Å². The van der Waals surface area contributed by atoms with Crippen LogP contribution in [0.25, 0.3) is 0 Å². The number of carbonyl (C=O) groups is 2. The number of rotatable bonds is 3. The summed E-state index contributed by atoms with van der Waals surface area (Å²) in [5, 5.41) is 0.819. The predicted octanol–water partition coefficient (Wildman–Crippen LogP) is 0.999. The van der Waals surface area contributed by atoms with Gasteiger partial charge in [-0.25, -0.2) is 8.42 Å². The van der Waals surface area contributed by atoms with Gasteiger partial charge in [0.15, 0.2) is 0 Å². The Balaban J connectivity index is 1.84. The van der Waals surface area contributed by atoms with Gasteiger partial charge in [-0.2, -0.15) is 0 Å². The van der Waals surface area contributed by atoms with Gasteiger partial charge in [-0.3, -0.25) is 14.6 Å². The minimum absolute atomic E-state index is 0.0476. The predicted molar refractivity (Wildman–Crippen MR) is 87.7 cm³/mol. The van der Waals surface area contributed by atoms with Gasteiger partial charge >= 0.3 is 0 Å². The summed E-state index contributed by atoms with van der Waals surface area (Å²) < 4.78 is 24.4. The van der Waals surface area contributed by atoms with E-state index in [0.717, 1.165) is 5.01 Å². The van der Waals surface area contributed by atoms with Gasteiger partial charge in [0.2, 0.25) is 5.91 Å². The van der Waals surface area contributed by atoms with E-state index in [-0.39, 0.29) is 10.5 Å². The summed E-state index contributed by atoms with van der Waals surface area (Å²) in [7, 11) is -2.31. The minimum Gasteiger partial charge on any atom is -0.314 e. The van der Waals surface area contributed by atoms with Crippen LogP contribution in [0, 0.1) is 0 Å². The zero-order chi connectivity index (χ0) is 17.3. The molecule has 0 unspecified atom stereocenters. The van der Waals surface area contributed by atoms with Crippen LogP contribution in [0.2, 0.25) is 0 Å². The quantitative estimate of drug-likeness (QED) is 0.899. The van der Waals surface area contributed by atoms with Gasteiger partial charge in [0.1, 0.15) is 6.54 Å². The molecular formula is C16H15N3O4S. The molecule has 1 aliphatic rings. The molecule has 2 aromatic rings. The lowest BCUT2D eigenvalue weighted by atomic mass is 10.2. The highest BCUT2D eigenvalue weighted by atomic mass is 32.2. The summed E-state index contributed by atoms with van der Waals surface area (Å²) in [6.07, 6.45) is 0. The van der Waals surface area contributed by atoms with Crippen LogP contribution in [-0.2, 0) is 14.8 Å². The van der Waals surface area contributed by atoms with Crippen LogP contribution in [0.4, 0.5) is 5.69 Å². The molecule has 0 atom stereocenters. The van der Waals surface area contributed by atoms with Gasteiger partial charge in [0, 0.05) is 12.7 Å². The smallest absolute Gasteiger partial charge is 0.270 e. The monoisotopic (exact) mass is 345 g/mol. The van der Waals surface area contributed by atoms with Crippen molar-refractivity contribution in [3.63, 3.8) is 0 Å². The zero-order valence-corrected chi connectivity index (χ0v) is 13.7. The molecule has 0 bridgehead atoms. The van der Waals surface area contributed by atoms with E-state index in [9.17, 15) is 18.0 Å². The highest BCUT2D eigenvalue weighted by Crippen LogP contribution is 2.22. The number of hydrazine groups is 1. The van der Waals surface area contributed by atoms with Crippen LogP contribution in [0.5, 0.6) is 0 Å². The minimum atomic E-state index is -3.88. The summed E-state index contributed by atoms with van der Waals surface area (Å²) in [6, 6.07) is 14.8. The summed E-state index contributed by atoms with van der Waals surface area (Å²) in [5.74, 6) is -0.980. The summed E-state index contributed by atoms with van der Waals surface area (Å²) in [6.45, 7) is -0.405. The molecule has 0 aliphatic carbocycles. The first kappa shape index (κ1) is 16.2. The Morgan fingerprint density at radius 1 is 1.08 bits per heavy atom. The van der Waals surface area contributed by atoms with Gasteiger partial charge < -0.3 is 4.90 Å². The van der Waals surface area contributed by atoms with E-state index in [0.29, 0.717) is 5.69 Å². The van der Waals surface area contributed by atoms with E-state index in [1.165, 1.54) is 23.1 Å². The number of fused-ring (bicyclic) bond motifs is 1. The van der Waals surface area contributed by atoms with Crippen molar-refractivity contribution in [1.29, 1.82) is 0 Å². The van der Waals surface area contributed by atoms with Crippen LogP contribution >= 0.6 is 0 Å². The molecule has 0 saturated carbocycles. The maximum atomic E-state index is 12.4. The van der Waals surface area contributed by atoms with E-state index in [1.807, 2.05) is 6.07 Å². The number of para-hydroxylation sites is 1. The Morgan fingerprint density at radius 3 is 2.42 bits per heavy atom. The van der Waals surface area contributed by atoms with Crippen LogP contribution < -0.4 is 9.73 Å². The van der Waals surface area contributed by atoms with Gasteiger partial charge in [-0.1, -0.05) is 30.3 Å². The molecule has 8 heteroatoms. The zero-order valence-electron chi connectivity index (χ0n) is 12.8. The third-order valence-electron chi connectivity index (χ3n) is 3.69. The summed E-state index contributed by atoms with van der Waals surface area (Å²) >= 11 is 0. The second kappa shape index (κ2) is 6.06. The Bertz CT molecular complexity index is 897. The van der Waals surface area contributed by atoms with Crippen LogP contribution in [0.15, 0.2) is 59.5 Å². The van der Waals surface area contributed by atoms with E-state index >= 15 is 0 Å². The van der Waals surface area contributed by atoms with Gasteiger partial charge in [0.05, 0.1) is 10.5 Å². The number of nitrogens with zero attached hydrogens (tertiary/aromatic N) is 2. The normalized spacial score (nSPS) is 15.7. The molecule has 0 aromatic heterocycles. The van der Waals surface area contributed by atoms with Crippen molar-refractivity contribution >= 4 is 27.5 Å². The van der Waals surface area contributed by atoms with E-state index in [1.54, 1.807) is 37.4 Å². The van der Waals surface area contributed by atoms with Gasteiger partial charge in [-0.05, 0) is 24.3 Å². The maximum Gasteiger partial charge on any atom is 0.270 e. The molecule has 7 nitrogen and oxygen atoms in total. The number of likely N-dealkylation sites (N-methyl/N-ethyl adjacent to an activating group) is 1. The fourth-order valence-electron chi connectivity index (χ4n) is 2.40.